The van der Waals surface area contributed by atoms with E-state index in [-0.39, 0.29) is 23.5 Å². The van der Waals surface area contributed by atoms with Crippen molar-refractivity contribution in [2.75, 3.05) is 12.3 Å². The minimum atomic E-state index is -0.405. The summed E-state index contributed by atoms with van der Waals surface area (Å²) in [6.07, 6.45) is 0. The lowest BCUT2D eigenvalue weighted by Gasteiger charge is -2.15. The Labute approximate surface area is 162 Å². The monoisotopic (exact) mass is 441 g/mol. The molecule has 0 fully saturated rings. The van der Waals surface area contributed by atoms with Crippen LogP contribution in [0.15, 0.2) is 39.2 Å². The highest BCUT2D eigenvalue weighted by molar-refractivity contribution is 9.10. The first kappa shape index (κ1) is 18.5. The van der Waals surface area contributed by atoms with Gasteiger partial charge >= 0.3 is 6.01 Å². The molecule has 0 radical (unpaired) electrons. The van der Waals surface area contributed by atoms with Gasteiger partial charge in [0, 0.05) is 11.1 Å². The van der Waals surface area contributed by atoms with Gasteiger partial charge < -0.3 is 19.6 Å². The fourth-order valence-electron chi connectivity index (χ4n) is 2.23. The summed E-state index contributed by atoms with van der Waals surface area (Å²) in [5.41, 5.74) is 6.74. The van der Waals surface area contributed by atoms with Gasteiger partial charge in [-0.2, -0.15) is 0 Å². The number of anilines is 1. The van der Waals surface area contributed by atoms with E-state index in [0.717, 1.165) is 0 Å². The minimum absolute atomic E-state index is 0.0274. The molecule has 6 nitrogen and oxygen atoms in total. The van der Waals surface area contributed by atoms with E-state index in [0.29, 0.717) is 33.7 Å². The number of hydrogen-bond donors (Lipinski definition) is 1. The molecule has 26 heavy (non-hydrogen) atoms. The first-order valence-corrected chi connectivity index (χ1v) is 8.77. The first-order valence-electron chi connectivity index (χ1n) is 7.60. The third kappa shape index (κ3) is 4.08. The van der Waals surface area contributed by atoms with Crippen LogP contribution in [0.25, 0.3) is 11.5 Å². The zero-order valence-electron chi connectivity index (χ0n) is 13.6. The Morgan fingerprint density at radius 1 is 1.23 bits per heavy atom. The predicted octanol–water partition coefficient (Wildman–Crippen LogP) is 4.85. The maximum absolute atomic E-state index is 13.2. The molecule has 0 aliphatic carbocycles. The van der Waals surface area contributed by atoms with Crippen LogP contribution < -0.4 is 15.2 Å². The largest absolute Gasteiger partial charge is 0.490 e. The van der Waals surface area contributed by atoms with E-state index in [1.54, 1.807) is 18.2 Å². The Morgan fingerprint density at radius 2 is 2.04 bits per heavy atom. The van der Waals surface area contributed by atoms with Gasteiger partial charge in [0.2, 0.25) is 5.89 Å². The van der Waals surface area contributed by atoms with Gasteiger partial charge in [-0.3, -0.25) is 0 Å². The average Bonchev–Trinajstić information content (AvgIpc) is 3.02. The maximum atomic E-state index is 13.2. The first-order chi connectivity index (χ1) is 12.5. The van der Waals surface area contributed by atoms with Crippen molar-refractivity contribution in [1.82, 2.24) is 10.2 Å². The van der Waals surface area contributed by atoms with Gasteiger partial charge in [0.15, 0.2) is 11.5 Å². The number of rotatable bonds is 6. The van der Waals surface area contributed by atoms with Crippen LogP contribution in [-0.4, -0.2) is 16.8 Å². The van der Waals surface area contributed by atoms with Gasteiger partial charge in [0.05, 0.1) is 16.1 Å². The predicted molar refractivity (Wildman–Crippen MR) is 98.8 cm³/mol. The molecule has 0 spiro atoms. The second-order valence-electron chi connectivity index (χ2n) is 5.19. The lowest BCUT2D eigenvalue weighted by molar-refractivity contribution is 0.267. The van der Waals surface area contributed by atoms with Crippen molar-refractivity contribution >= 4 is 33.5 Å². The number of nitrogens with zero attached hydrogens (tertiary/aromatic N) is 2. The zero-order chi connectivity index (χ0) is 18.7. The van der Waals surface area contributed by atoms with Crippen LogP contribution in [0.4, 0.5) is 10.4 Å². The number of ether oxygens (including phenoxy) is 2. The normalized spacial score (nSPS) is 10.8. The van der Waals surface area contributed by atoms with Crippen LogP contribution in [-0.2, 0) is 6.61 Å². The van der Waals surface area contributed by atoms with Crippen molar-refractivity contribution < 1.29 is 18.3 Å². The van der Waals surface area contributed by atoms with Crippen molar-refractivity contribution in [2.45, 2.75) is 13.5 Å². The number of benzene rings is 2. The summed E-state index contributed by atoms with van der Waals surface area (Å²) >= 11 is 9.50. The molecule has 9 heteroatoms. The Morgan fingerprint density at radius 3 is 2.69 bits per heavy atom. The van der Waals surface area contributed by atoms with Crippen LogP contribution >= 0.6 is 27.5 Å². The van der Waals surface area contributed by atoms with Gasteiger partial charge in [-0.25, -0.2) is 4.39 Å². The summed E-state index contributed by atoms with van der Waals surface area (Å²) in [5, 5.41) is 7.79. The molecule has 1 aromatic heterocycles. The quantitative estimate of drug-likeness (QED) is 0.587. The number of hydrogen-bond acceptors (Lipinski definition) is 6. The summed E-state index contributed by atoms with van der Waals surface area (Å²) in [4.78, 5) is 0. The van der Waals surface area contributed by atoms with Crippen molar-refractivity contribution in [3.8, 4) is 23.0 Å². The van der Waals surface area contributed by atoms with Crippen LogP contribution in [0.3, 0.4) is 0 Å². The fraction of sp³-hybridized carbons (Fsp3) is 0.176. The van der Waals surface area contributed by atoms with Crippen molar-refractivity contribution in [3.63, 3.8) is 0 Å². The molecule has 0 aliphatic heterocycles. The molecule has 0 saturated carbocycles. The van der Waals surface area contributed by atoms with Crippen LogP contribution in [0.1, 0.15) is 12.5 Å². The summed E-state index contributed by atoms with van der Waals surface area (Å²) in [6, 6.07) is 7.57. The highest BCUT2D eigenvalue weighted by Gasteiger charge is 2.17. The standard InChI is InChI=1S/C17H14BrClFN3O3/c1-2-24-14-6-10(16-22-23-17(21)26-16)5-12(18)15(14)25-8-9-3-4-11(20)7-13(9)19/h3-7H,2,8H2,1H3,(H2,21,23). The molecular weight excluding hydrogens is 429 g/mol. The molecule has 0 unspecified atom stereocenters. The molecule has 3 rings (SSSR count). The molecular formula is C17H14BrClFN3O3. The van der Waals surface area contributed by atoms with E-state index in [4.69, 9.17) is 31.2 Å². The maximum Gasteiger partial charge on any atom is 0.313 e. The lowest BCUT2D eigenvalue weighted by atomic mass is 10.2. The highest BCUT2D eigenvalue weighted by Crippen LogP contribution is 2.40. The van der Waals surface area contributed by atoms with Crippen LogP contribution in [0.5, 0.6) is 11.5 Å². The van der Waals surface area contributed by atoms with E-state index in [2.05, 4.69) is 26.1 Å². The molecule has 0 amide bonds. The number of nitrogen functional groups attached to an aromatic ring is 1. The Bertz CT molecular complexity index is 936. The van der Waals surface area contributed by atoms with E-state index in [9.17, 15) is 4.39 Å². The summed E-state index contributed by atoms with van der Waals surface area (Å²) in [5.74, 6) is 0.811. The van der Waals surface area contributed by atoms with Gasteiger partial charge in [-0.05, 0) is 47.1 Å². The fourth-order valence-corrected chi connectivity index (χ4v) is 3.01. The molecule has 0 aliphatic rings. The number of aromatic nitrogens is 2. The molecule has 1 heterocycles. The Kier molecular flexibility index (Phi) is 5.63. The number of halogens is 3. The molecule has 136 valence electrons. The molecule has 0 atom stereocenters. The molecule has 3 aromatic rings. The van der Waals surface area contributed by atoms with Crippen molar-refractivity contribution in [1.29, 1.82) is 0 Å². The molecule has 2 aromatic carbocycles. The molecule has 0 saturated heterocycles. The topological polar surface area (TPSA) is 83.4 Å². The van der Waals surface area contributed by atoms with E-state index in [1.807, 2.05) is 6.92 Å². The number of nitrogens with two attached hydrogens (primary N) is 1. The summed E-state index contributed by atoms with van der Waals surface area (Å²) in [7, 11) is 0. The van der Waals surface area contributed by atoms with Crippen LogP contribution in [0.2, 0.25) is 5.02 Å². The summed E-state index contributed by atoms with van der Waals surface area (Å²) < 4.78 is 30.5. The Balaban J connectivity index is 1.90. The van der Waals surface area contributed by atoms with Crippen molar-refractivity contribution in [2.24, 2.45) is 0 Å². The van der Waals surface area contributed by atoms with E-state index < -0.39 is 5.82 Å². The molecule has 2 N–H and O–H groups in total. The lowest BCUT2D eigenvalue weighted by Crippen LogP contribution is -2.01. The minimum Gasteiger partial charge on any atom is -0.490 e. The van der Waals surface area contributed by atoms with Gasteiger partial charge in [-0.15, -0.1) is 5.10 Å². The zero-order valence-corrected chi connectivity index (χ0v) is 16.0. The van der Waals surface area contributed by atoms with Crippen molar-refractivity contribution in [3.05, 3.63) is 51.2 Å². The average molecular weight is 443 g/mol. The van der Waals surface area contributed by atoms with E-state index >= 15 is 0 Å². The van der Waals surface area contributed by atoms with Gasteiger partial charge in [0.1, 0.15) is 12.4 Å². The van der Waals surface area contributed by atoms with Crippen LogP contribution in [0, 0.1) is 5.82 Å². The highest BCUT2D eigenvalue weighted by atomic mass is 79.9. The second kappa shape index (κ2) is 7.92. The van der Waals surface area contributed by atoms with Gasteiger partial charge in [-0.1, -0.05) is 22.8 Å². The Hall–Kier alpha value is -2.32. The van der Waals surface area contributed by atoms with E-state index in [1.165, 1.54) is 12.1 Å². The van der Waals surface area contributed by atoms with Gasteiger partial charge in [0.25, 0.3) is 0 Å². The SMILES string of the molecule is CCOc1cc(-c2nnc(N)o2)cc(Br)c1OCc1ccc(F)cc1Cl. The third-order valence-electron chi connectivity index (χ3n) is 3.38. The third-order valence-corrected chi connectivity index (χ3v) is 4.32. The summed E-state index contributed by atoms with van der Waals surface area (Å²) in [6.45, 7) is 2.42. The molecule has 0 bridgehead atoms. The smallest absolute Gasteiger partial charge is 0.313 e. The second-order valence-corrected chi connectivity index (χ2v) is 6.45.